The number of hydrogen-bond donors (Lipinski definition) is 1. The van der Waals surface area contributed by atoms with E-state index in [2.05, 4.69) is 29.6 Å². The molecule has 0 spiro atoms. The van der Waals surface area contributed by atoms with Crippen molar-refractivity contribution < 1.29 is 9.53 Å². The van der Waals surface area contributed by atoms with Crippen molar-refractivity contribution in [2.75, 3.05) is 0 Å². The Morgan fingerprint density at radius 3 is 2.33 bits per heavy atom. The monoisotopic (exact) mass is 319 g/mol. The first-order chi connectivity index (χ1) is 11.6. The second-order valence-electron chi connectivity index (χ2n) is 5.87. The fraction of sp³-hybridized carbons (Fsp3) is 0.190. The number of amides is 1. The molecular formula is C21H21NO2. The van der Waals surface area contributed by atoms with Crippen LogP contribution in [0.1, 0.15) is 25.5 Å². The number of carbonyl (C=O) groups excluding carboxylic acids is 1. The maximum Gasteiger partial charge on any atom is 0.261 e. The normalized spacial score (nSPS) is 13.2. The van der Waals surface area contributed by atoms with Gasteiger partial charge in [-0.15, -0.1) is 0 Å². The topological polar surface area (TPSA) is 38.3 Å². The summed E-state index contributed by atoms with van der Waals surface area (Å²) in [6.45, 7) is 3.76. The molecule has 2 unspecified atom stereocenters. The Bertz CT molecular complexity index is 824. The van der Waals surface area contributed by atoms with Crippen LogP contribution in [-0.2, 0) is 4.79 Å². The van der Waals surface area contributed by atoms with E-state index in [9.17, 15) is 4.79 Å². The molecule has 0 aliphatic carbocycles. The van der Waals surface area contributed by atoms with Gasteiger partial charge in [-0.05, 0) is 42.3 Å². The van der Waals surface area contributed by atoms with Crippen LogP contribution in [0.15, 0.2) is 72.8 Å². The number of benzene rings is 3. The third-order valence-electron chi connectivity index (χ3n) is 4.07. The SMILES string of the molecule is CC(Oc1ccccc1)C(=O)NC(C)c1cccc2ccccc12. The van der Waals surface area contributed by atoms with E-state index in [1.165, 1.54) is 5.39 Å². The van der Waals surface area contributed by atoms with E-state index in [1.807, 2.05) is 55.5 Å². The summed E-state index contributed by atoms with van der Waals surface area (Å²) in [6, 6.07) is 23.6. The zero-order chi connectivity index (χ0) is 16.9. The number of hydrogen-bond acceptors (Lipinski definition) is 2. The summed E-state index contributed by atoms with van der Waals surface area (Å²) < 4.78 is 5.69. The standard InChI is InChI=1S/C21H21NO2/c1-15(19-14-8-10-17-9-6-7-13-20(17)19)22-21(23)16(2)24-18-11-4-3-5-12-18/h3-16H,1-2H3,(H,22,23). The average Bonchev–Trinajstić information content (AvgIpc) is 2.62. The van der Waals surface area contributed by atoms with E-state index >= 15 is 0 Å². The highest BCUT2D eigenvalue weighted by molar-refractivity contribution is 5.87. The molecule has 0 saturated carbocycles. The van der Waals surface area contributed by atoms with Crippen LogP contribution in [0.3, 0.4) is 0 Å². The van der Waals surface area contributed by atoms with Crippen molar-refractivity contribution in [1.29, 1.82) is 0 Å². The second-order valence-corrected chi connectivity index (χ2v) is 5.87. The Morgan fingerprint density at radius 1 is 0.875 bits per heavy atom. The summed E-state index contributed by atoms with van der Waals surface area (Å²) in [5, 5.41) is 5.37. The lowest BCUT2D eigenvalue weighted by Gasteiger charge is -2.20. The van der Waals surface area contributed by atoms with Crippen LogP contribution in [0.5, 0.6) is 5.75 Å². The molecule has 3 rings (SSSR count). The summed E-state index contributed by atoms with van der Waals surface area (Å²) in [5.74, 6) is 0.567. The molecule has 0 fully saturated rings. The lowest BCUT2D eigenvalue weighted by Crippen LogP contribution is -2.37. The number of nitrogens with one attached hydrogen (secondary N) is 1. The maximum atomic E-state index is 12.4. The highest BCUT2D eigenvalue weighted by Gasteiger charge is 2.18. The molecule has 3 aromatic carbocycles. The van der Waals surface area contributed by atoms with Gasteiger partial charge >= 0.3 is 0 Å². The van der Waals surface area contributed by atoms with Crippen molar-refractivity contribution in [2.24, 2.45) is 0 Å². The minimum atomic E-state index is -0.551. The fourth-order valence-corrected chi connectivity index (χ4v) is 2.79. The Kier molecular flexibility index (Phi) is 4.80. The van der Waals surface area contributed by atoms with Gasteiger partial charge in [0.1, 0.15) is 5.75 Å². The summed E-state index contributed by atoms with van der Waals surface area (Å²) in [4.78, 5) is 12.4. The fourth-order valence-electron chi connectivity index (χ4n) is 2.79. The van der Waals surface area contributed by atoms with Gasteiger partial charge < -0.3 is 10.1 Å². The molecule has 0 radical (unpaired) electrons. The van der Waals surface area contributed by atoms with Gasteiger partial charge in [0.2, 0.25) is 0 Å². The van der Waals surface area contributed by atoms with Crippen LogP contribution in [0.4, 0.5) is 0 Å². The van der Waals surface area contributed by atoms with E-state index < -0.39 is 6.10 Å². The zero-order valence-corrected chi connectivity index (χ0v) is 13.9. The van der Waals surface area contributed by atoms with Gasteiger partial charge in [0.15, 0.2) is 6.10 Å². The van der Waals surface area contributed by atoms with Crippen LogP contribution in [0.25, 0.3) is 10.8 Å². The quantitative estimate of drug-likeness (QED) is 0.753. The summed E-state index contributed by atoms with van der Waals surface area (Å²) >= 11 is 0. The maximum absolute atomic E-state index is 12.4. The predicted octanol–water partition coefficient (Wildman–Crippen LogP) is 4.48. The molecule has 3 aromatic rings. The van der Waals surface area contributed by atoms with Crippen molar-refractivity contribution in [3.8, 4) is 5.75 Å². The first kappa shape index (κ1) is 16.1. The zero-order valence-electron chi connectivity index (χ0n) is 13.9. The van der Waals surface area contributed by atoms with Gasteiger partial charge in [0, 0.05) is 0 Å². The van der Waals surface area contributed by atoms with Crippen LogP contribution < -0.4 is 10.1 Å². The summed E-state index contributed by atoms with van der Waals surface area (Å²) in [7, 11) is 0. The van der Waals surface area contributed by atoms with E-state index in [-0.39, 0.29) is 11.9 Å². The van der Waals surface area contributed by atoms with Crippen molar-refractivity contribution in [2.45, 2.75) is 26.0 Å². The van der Waals surface area contributed by atoms with Crippen molar-refractivity contribution in [1.82, 2.24) is 5.32 Å². The minimum Gasteiger partial charge on any atom is -0.481 e. The molecule has 3 nitrogen and oxygen atoms in total. The lowest BCUT2D eigenvalue weighted by atomic mass is 9.99. The number of para-hydroxylation sites is 1. The van der Waals surface area contributed by atoms with Crippen LogP contribution in [0.2, 0.25) is 0 Å². The first-order valence-electron chi connectivity index (χ1n) is 8.15. The highest BCUT2D eigenvalue weighted by Crippen LogP contribution is 2.24. The minimum absolute atomic E-state index is 0.0922. The van der Waals surface area contributed by atoms with Crippen molar-refractivity contribution in [3.05, 3.63) is 78.4 Å². The lowest BCUT2D eigenvalue weighted by molar-refractivity contribution is -0.127. The molecule has 0 aromatic heterocycles. The third kappa shape index (κ3) is 3.57. The molecule has 1 N–H and O–H groups in total. The van der Waals surface area contributed by atoms with Gasteiger partial charge in [-0.25, -0.2) is 0 Å². The van der Waals surface area contributed by atoms with Gasteiger partial charge in [-0.2, -0.15) is 0 Å². The van der Waals surface area contributed by atoms with Gasteiger partial charge in [-0.1, -0.05) is 60.7 Å². The molecule has 0 heterocycles. The average molecular weight is 319 g/mol. The van der Waals surface area contributed by atoms with Crippen LogP contribution in [-0.4, -0.2) is 12.0 Å². The predicted molar refractivity (Wildman–Crippen MR) is 97.0 cm³/mol. The molecule has 122 valence electrons. The van der Waals surface area contributed by atoms with E-state index in [0.29, 0.717) is 5.75 Å². The highest BCUT2D eigenvalue weighted by atomic mass is 16.5. The third-order valence-corrected chi connectivity index (χ3v) is 4.07. The Labute approximate surface area is 142 Å². The van der Waals surface area contributed by atoms with E-state index in [4.69, 9.17) is 4.74 Å². The van der Waals surface area contributed by atoms with E-state index in [0.717, 1.165) is 10.9 Å². The first-order valence-corrected chi connectivity index (χ1v) is 8.15. The van der Waals surface area contributed by atoms with E-state index in [1.54, 1.807) is 6.92 Å². The summed E-state index contributed by atoms with van der Waals surface area (Å²) in [6.07, 6.45) is -0.551. The molecule has 3 heteroatoms. The van der Waals surface area contributed by atoms with Crippen molar-refractivity contribution >= 4 is 16.7 Å². The molecular weight excluding hydrogens is 298 g/mol. The summed E-state index contributed by atoms with van der Waals surface area (Å²) in [5.41, 5.74) is 1.10. The second kappa shape index (κ2) is 7.18. The number of rotatable bonds is 5. The molecule has 0 aliphatic rings. The molecule has 0 bridgehead atoms. The van der Waals surface area contributed by atoms with Crippen LogP contribution >= 0.6 is 0 Å². The number of fused-ring (bicyclic) bond motifs is 1. The Hall–Kier alpha value is -2.81. The number of ether oxygens (including phenoxy) is 1. The molecule has 1 amide bonds. The van der Waals surface area contributed by atoms with Gasteiger partial charge in [-0.3, -0.25) is 4.79 Å². The largest absolute Gasteiger partial charge is 0.481 e. The van der Waals surface area contributed by atoms with Crippen LogP contribution in [0, 0.1) is 0 Å². The Morgan fingerprint density at radius 2 is 1.54 bits per heavy atom. The number of carbonyl (C=O) groups is 1. The van der Waals surface area contributed by atoms with Gasteiger partial charge in [0.25, 0.3) is 5.91 Å². The molecule has 0 aliphatic heterocycles. The molecule has 24 heavy (non-hydrogen) atoms. The molecule has 0 saturated heterocycles. The smallest absolute Gasteiger partial charge is 0.261 e. The van der Waals surface area contributed by atoms with Crippen molar-refractivity contribution in [3.63, 3.8) is 0 Å². The van der Waals surface area contributed by atoms with Gasteiger partial charge in [0.05, 0.1) is 6.04 Å². The Balaban J connectivity index is 1.71. The molecule has 2 atom stereocenters.